The fourth-order valence-corrected chi connectivity index (χ4v) is 6.17. The first-order chi connectivity index (χ1) is 14.1. The molecular formula is C21H25N3O3S2. The van der Waals surface area contributed by atoms with Gasteiger partial charge in [-0.05, 0) is 29.9 Å². The summed E-state index contributed by atoms with van der Waals surface area (Å²) in [4.78, 5) is 1.06. The van der Waals surface area contributed by atoms with E-state index in [2.05, 4.69) is 0 Å². The Morgan fingerprint density at radius 3 is 2.55 bits per heavy atom. The summed E-state index contributed by atoms with van der Waals surface area (Å²) in [7, 11) is -3.83. The monoisotopic (exact) mass is 431 g/mol. The van der Waals surface area contributed by atoms with Crippen molar-refractivity contribution in [3.05, 3.63) is 59.6 Å². The van der Waals surface area contributed by atoms with E-state index in [0.717, 1.165) is 36.1 Å². The van der Waals surface area contributed by atoms with Crippen LogP contribution in [0.4, 0.5) is 0 Å². The Morgan fingerprint density at radius 2 is 1.90 bits per heavy atom. The van der Waals surface area contributed by atoms with Gasteiger partial charge in [0.15, 0.2) is 0 Å². The van der Waals surface area contributed by atoms with Crippen molar-refractivity contribution in [2.75, 3.05) is 13.2 Å². The lowest BCUT2D eigenvalue weighted by Gasteiger charge is -2.21. The molecule has 0 saturated heterocycles. The SMILES string of the molecule is O=S(=O)(c1cn(C2CCCC2)nc1-c1cccs1)N(CCO)Cc1ccccc1. The minimum atomic E-state index is -3.83. The van der Waals surface area contributed by atoms with E-state index in [-0.39, 0.29) is 30.6 Å². The van der Waals surface area contributed by atoms with Crippen LogP contribution in [0.3, 0.4) is 0 Å². The lowest BCUT2D eigenvalue weighted by Crippen LogP contribution is -2.33. The van der Waals surface area contributed by atoms with Crippen LogP contribution in [0.25, 0.3) is 10.6 Å². The highest BCUT2D eigenvalue weighted by atomic mass is 32.2. The topological polar surface area (TPSA) is 75.4 Å². The van der Waals surface area contributed by atoms with E-state index in [9.17, 15) is 13.5 Å². The number of sulfonamides is 1. The fraction of sp³-hybridized carbons (Fsp3) is 0.381. The van der Waals surface area contributed by atoms with E-state index in [4.69, 9.17) is 5.10 Å². The van der Waals surface area contributed by atoms with Crippen molar-refractivity contribution in [2.24, 2.45) is 0 Å². The molecule has 1 aromatic carbocycles. The molecule has 1 aliphatic carbocycles. The van der Waals surface area contributed by atoms with Crippen LogP contribution < -0.4 is 0 Å². The summed E-state index contributed by atoms with van der Waals surface area (Å²) < 4.78 is 30.5. The van der Waals surface area contributed by atoms with Crippen LogP contribution in [0.15, 0.2) is 58.9 Å². The van der Waals surface area contributed by atoms with Crippen molar-refractivity contribution >= 4 is 21.4 Å². The summed E-state index contributed by atoms with van der Waals surface area (Å²) in [6.45, 7) is 0.00903. The van der Waals surface area contributed by atoms with E-state index in [1.165, 1.54) is 15.6 Å². The summed E-state index contributed by atoms with van der Waals surface area (Å²) in [6.07, 6.45) is 6.03. The number of hydrogen-bond donors (Lipinski definition) is 1. The first kappa shape index (κ1) is 20.3. The average molecular weight is 432 g/mol. The van der Waals surface area contributed by atoms with Crippen molar-refractivity contribution in [3.8, 4) is 10.6 Å². The van der Waals surface area contributed by atoms with Gasteiger partial charge in [-0.3, -0.25) is 4.68 Å². The zero-order valence-electron chi connectivity index (χ0n) is 16.1. The van der Waals surface area contributed by atoms with Gasteiger partial charge in [0.2, 0.25) is 10.0 Å². The Labute approximate surface area is 175 Å². The lowest BCUT2D eigenvalue weighted by atomic mass is 10.2. The minimum absolute atomic E-state index is 0.0374. The highest BCUT2D eigenvalue weighted by molar-refractivity contribution is 7.89. The molecule has 0 bridgehead atoms. The van der Waals surface area contributed by atoms with Gasteiger partial charge in [0.05, 0.1) is 17.5 Å². The molecule has 1 saturated carbocycles. The molecular weight excluding hydrogens is 406 g/mol. The summed E-state index contributed by atoms with van der Waals surface area (Å²) in [5.74, 6) is 0. The molecule has 1 aliphatic rings. The Hall–Kier alpha value is -2.00. The second-order valence-corrected chi connectivity index (χ2v) is 10.1. The molecule has 6 nitrogen and oxygen atoms in total. The number of nitrogens with zero attached hydrogens (tertiary/aromatic N) is 3. The molecule has 8 heteroatoms. The summed E-state index contributed by atoms with van der Waals surface area (Å²) in [6, 6.07) is 13.5. The standard InChI is InChI=1S/C21H25N3O3S2/c25-13-12-23(15-17-7-2-1-3-8-17)29(26,27)20-16-24(18-9-4-5-10-18)22-21(20)19-11-6-14-28-19/h1-3,6-8,11,14,16,18,25H,4-5,9-10,12-13,15H2. The quantitative estimate of drug-likeness (QED) is 0.587. The van der Waals surface area contributed by atoms with Gasteiger partial charge in [0, 0.05) is 19.3 Å². The summed E-state index contributed by atoms with van der Waals surface area (Å²) in [5.41, 5.74) is 1.38. The molecule has 1 N–H and O–H groups in total. The third-order valence-corrected chi connectivity index (χ3v) is 8.04. The van der Waals surface area contributed by atoms with Gasteiger partial charge in [-0.25, -0.2) is 8.42 Å². The smallest absolute Gasteiger partial charge is 0.247 e. The van der Waals surface area contributed by atoms with Gasteiger partial charge in [-0.2, -0.15) is 9.40 Å². The lowest BCUT2D eigenvalue weighted by molar-refractivity contribution is 0.251. The fourth-order valence-electron chi connectivity index (χ4n) is 3.83. The molecule has 4 rings (SSSR count). The second-order valence-electron chi connectivity index (χ2n) is 7.29. The van der Waals surface area contributed by atoms with Crippen molar-refractivity contribution in [2.45, 2.75) is 43.2 Å². The maximum Gasteiger partial charge on any atom is 0.247 e. The third kappa shape index (κ3) is 4.30. The van der Waals surface area contributed by atoms with Crippen LogP contribution in [0.2, 0.25) is 0 Å². The molecule has 29 heavy (non-hydrogen) atoms. The zero-order chi connectivity index (χ0) is 20.3. The van der Waals surface area contributed by atoms with Gasteiger partial charge in [0.1, 0.15) is 10.6 Å². The molecule has 0 aliphatic heterocycles. The molecule has 0 spiro atoms. The number of rotatable bonds is 8. The zero-order valence-corrected chi connectivity index (χ0v) is 17.8. The molecule has 0 radical (unpaired) electrons. The Bertz CT molecular complexity index is 1020. The van der Waals surface area contributed by atoms with Crippen molar-refractivity contribution in [1.29, 1.82) is 0 Å². The van der Waals surface area contributed by atoms with Gasteiger partial charge in [-0.1, -0.05) is 49.2 Å². The minimum Gasteiger partial charge on any atom is -0.395 e. The largest absolute Gasteiger partial charge is 0.395 e. The summed E-state index contributed by atoms with van der Waals surface area (Å²) in [5, 5.41) is 16.2. The van der Waals surface area contributed by atoms with E-state index in [1.807, 2.05) is 52.5 Å². The van der Waals surface area contributed by atoms with Crippen LogP contribution in [-0.2, 0) is 16.6 Å². The average Bonchev–Trinajstić information content (AvgIpc) is 3.49. The molecule has 0 unspecified atom stereocenters. The van der Waals surface area contributed by atoms with Crippen molar-refractivity contribution in [3.63, 3.8) is 0 Å². The van der Waals surface area contributed by atoms with Crippen molar-refractivity contribution < 1.29 is 13.5 Å². The van der Waals surface area contributed by atoms with E-state index in [1.54, 1.807) is 6.20 Å². The predicted octanol–water partition coefficient (Wildman–Crippen LogP) is 3.91. The van der Waals surface area contributed by atoms with Crippen LogP contribution >= 0.6 is 11.3 Å². The van der Waals surface area contributed by atoms with Gasteiger partial charge in [-0.15, -0.1) is 11.3 Å². The molecule has 3 aromatic rings. The number of hydrogen-bond acceptors (Lipinski definition) is 5. The van der Waals surface area contributed by atoms with Crippen LogP contribution in [0.1, 0.15) is 37.3 Å². The molecule has 0 atom stereocenters. The second kappa shape index (κ2) is 8.79. The maximum absolute atomic E-state index is 13.6. The Balaban J connectivity index is 1.75. The van der Waals surface area contributed by atoms with Gasteiger partial charge in [0.25, 0.3) is 0 Å². The molecule has 154 valence electrons. The normalized spacial score (nSPS) is 15.4. The first-order valence-electron chi connectivity index (χ1n) is 9.87. The summed E-state index contributed by atoms with van der Waals surface area (Å²) >= 11 is 1.48. The number of aliphatic hydroxyl groups is 1. The highest BCUT2D eigenvalue weighted by Gasteiger charge is 2.32. The van der Waals surface area contributed by atoms with E-state index < -0.39 is 10.0 Å². The molecule has 0 amide bonds. The number of aromatic nitrogens is 2. The third-order valence-electron chi connectivity index (χ3n) is 5.32. The van der Waals surface area contributed by atoms with Crippen LogP contribution in [0.5, 0.6) is 0 Å². The number of aliphatic hydroxyl groups excluding tert-OH is 1. The Morgan fingerprint density at radius 1 is 1.14 bits per heavy atom. The molecule has 1 fully saturated rings. The van der Waals surface area contributed by atoms with Crippen LogP contribution in [-0.4, -0.2) is 40.8 Å². The molecule has 2 heterocycles. The predicted molar refractivity (Wildman–Crippen MR) is 114 cm³/mol. The van der Waals surface area contributed by atoms with Gasteiger partial charge >= 0.3 is 0 Å². The van der Waals surface area contributed by atoms with Crippen molar-refractivity contribution in [1.82, 2.24) is 14.1 Å². The number of thiophene rings is 1. The van der Waals surface area contributed by atoms with Crippen LogP contribution in [0, 0.1) is 0 Å². The van der Waals surface area contributed by atoms with Gasteiger partial charge < -0.3 is 5.11 Å². The maximum atomic E-state index is 13.6. The highest BCUT2D eigenvalue weighted by Crippen LogP contribution is 2.36. The number of benzene rings is 1. The Kier molecular flexibility index (Phi) is 6.15. The van der Waals surface area contributed by atoms with E-state index in [0.29, 0.717) is 5.69 Å². The first-order valence-corrected chi connectivity index (χ1v) is 12.2. The molecule has 2 aromatic heterocycles. The van der Waals surface area contributed by atoms with E-state index >= 15 is 0 Å².